The third kappa shape index (κ3) is 3.90. The number of carbonyl (C=O) groups is 1. The number of nitrogens with zero attached hydrogens (tertiary/aromatic N) is 2. The number of likely N-dealkylation sites (N-methyl/N-ethyl adjacent to an activating group) is 1. The Morgan fingerprint density at radius 3 is 2.91 bits per heavy atom. The number of aromatic amines is 1. The van der Waals surface area contributed by atoms with E-state index < -0.39 is 0 Å². The van der Waals surface area contributed by atoms with Gasteiger partial charge in [-0.25, -0.2) is 0 Å². The lowest BCUT2D eigenvalue weighted by Gasteiger charge is -2.35. The van der Waals surface area contributed by atoms with Crippen LogP contribution in [-0.2, 0) is 4.74 Å². The maximum atomic E-state index is 12.4. The number of hydrogen-bond acceptors (Lipinski definition) is 4. The van der Waals surface area contributed by atoms with Crippen molar-refractivity contribution in [3.63, 3.8) is 0 Å². The average Bonchev–Trinajstić information content (AvgIpc) is 3.08. The molecule has 2 aromatic rings. The van der Waals surface area contributed by atoms with Gasteiger partial charge in [0.25, 0.3) is 5.91 Å². The van der Waals surface area contributed by atoms with Crippen LogP contribution in [-0.4, -0.2) is 53.9 Å². The number of rotatable bonds is 4. The van der Waals surface area contributed by atoms with Gasteiger partial charge >= 0.3 is 0 Å². The Labute approximate surface area is 139 Å². The smallest absolute Gasteiger partial charge is 0.255 e. The number of carbonyl (C=O) groups excluding carboxylic acids is 1. The number of halogens is 1. The van der Waals surface area contributed by atoms with E-state index in [0.717, 1.165) is 18.7 Å². The fourth-order valence-electron chi connectivity index (χ4n) is 2.67. The molecule has 0 spiro atoms. The number of nitrogens with one attached hydrogen (secondary N) is 2. The molecule has 0 saturated carbocycles. The standard InChI is InChI=1S/C16H19ClN4O2/c1-21-6-7-23-14(10-21)15(11-2-4-13(17)5-3-11)20-16(22)12-8-18-19-9-12/h2-5,8-9,14-15H,6-7,10H2,1H3,(H,18,19)(H,20,22)/t14-,15-/m0/s1. The molecule has 1 aromatic carbocycles. The lowest BCUT2D eigenvalue weighted by molar-refractivity contribution is -0.0380. The molecule has 1 fully saturated rings. The molecule has 0 aliphatic carbocycles. The van der Waals surface area contributed by atoms with Crippen LogP contribution in [0.5, 0.6) is 0 Å². The molecule has 3 rings (SSSR count). The topological polar surface area (TPSA) is 70.2 Å². The van der Waals surface area contributed by atoms with Crippen molar-refractivity contribution in [2.24, 2.45) is 0 Å². The number of benzene rings is 1. The van der Waals surface area contributed by atoms with Crippen molar-refractivity contribution >= 4 is 17.5 Å². The third-order valence-corrected chi connectivity index (χ3v) is 4.20. The first-order valence-electron chi connectivity index (χ1n) is 7.49. The SMILES string of the molecule is CN1CCO[C@H]([C@@H](NC(=O)c2cn[nH]c2)c2ccc(Cl)cc2)C1. The Kier molecular flexibility index (Phi) is 4.95. The van der Waals surface area contributed by atoms with E-state index in [1.54, 1.807) is 6.20 Å². The molecule has 0 radical (unpaired) electrons. The average molecular weight is 335 g/mol. The largest absolute Gasteiger partial charge is 0.373 e. The van der Waals surface area contributed by atoms with Gasteiger partial charge < -0.3 is 15.0 Å². The third-order valence-electron chi connectivity index (χ3n) is 3.94. The van der Waals surface area contributed by atoms with Crippen LogP contribution in [0.1, 0.15) is 22.0 Å². The zero-order valence-electron chi connectivity index (χ0n) is 12.8. The molecule has 0 bridgehead atoms. The summed E-state index contributed by atoms with van der Waals surface area (Å²) >= 11 is 5.97. The normalized spacial score (nSPS) is 20.2. The summed E-state index contributed by atoms with van der Waals surface area (Å²) in [5.74, 6) is -0.185. The van der Waals surface area contributed by atoms with Crippen molar-refractivity contribution in [2.75, 3.05) is 26.7 Å². The van der Waals surface area contributed by atoms with Crippen molar-refractivity contribution in [1.82, 2.24) is 20.4 Å². The van der Waals surface area contributed by atoms with E-state index in [2.05, 4.69) is 20.4 Å². The van der Waals surface area contributed by atoms with Gasteiger partial charge in [0.05, 0.1) is 30.5 Å². The van der Waals surface area contributed by atoms with Crippen molar-refractivity contribution in [3.05, 3.63) is 52.8 Å². The van der Waals surface area contributed by atoms with Gasteiger partial charge in [-0.05, 0) is 24.7 Å². The fraction of sp³-hybridized carbons (Fsp3) is 0.375. The van der Waals surface area contributed by atoms with Crippen LogP contribution in [0.2, 0.25) is 5.02 Å². The lowest BCUT2D eigenvalue weighted by atomic mass is 9.99. The first-order valence-corrected chi connectivity index (χ1v) is 7.86. The van der Waals surface area contributed by atoms with Crippen molar-refractivity contribution in [2.45, 2.75) is 12.1 Å². The van der Waals surface area contributed by atoms with Crippen LogP contribution in [0.15, 0.2) is 36.7 Å². The van der Waals surface area contributed by atoms with E-state index in [1.807, 2.05) is 31.3 Å². The van der Waals surface area contributed by atoms with E-state index in [1.165, 1.54) is 6.20 Å². The second-order valence-electron chi connectivity index (χ2n) is 5.66. The molecule has 7 heteroatoms. The molecule has 1 saturated heterocycles. The van der Waals surface area contributed by atoms with Crippen LogP contribution < -0.4 is 5.32 Å². The van der Waals surface area contributed by atoms with Gasteiger partial charge in [0.2, 0.25) is 0 Å². The molecule has 122 valence electrons. The molecule has 1 aromatic heterocycles. The first kappa shape index (κ1) is 16.0. The number of amides is 1. The van der Waals surface area contributed by atoms with Gasteiger partial charge in [0.15, 0.2) is 0 Å². The van der Waals surface area contributed by atoms with Crippen LogP contribution in [0.25, 0.3) is 0 Å². The molecule has 1 aliphatic heterocycles. The Hall–Kier alpha value is -1.89. The van der Waals surface area contributed by atoms with E-state index in [9.17, 15) is 4.79 Å². The summed E-state index contributed by atoms with van der Waals surface area (Å²) in [6, 6.07) is 7.22. The van der Waals surface area contributed by atoms with Crippen molar-refractivity contribution in [3.8, 4) is 0 Å². The monoisotopic (exact) mass is 334 g/mol. The van der Waals surface area contributed by atoms with Gasteiger partial charge in [0, 0.05) is 24.3 Å². The summed E-state index contributed by atoms with van der Waals surface area (Å²) in [6.45, 7) is 2.28. The van der Waals surface area contributed by atoms with Crippen LogP contribution in [0.4, 0.5) is 0 Å². The minimum absolute atomic E-state index is 0.120. The van der Waals surface area contributed by atoms with Gasteiger partial charge in [-0.2, -0.15) is 5.10 Å². The fourth-order valence-corrected chi connectivity index (χ4v) is 2.80. The highest BCUT2D eigenvalue weighted by atomic mass is 35.5. The summed E-state index contributed by atoms with van der Waals surface area (Å²) < 4.78 is 5.90. The predicted molar refractivity (Wildman–Crippen MR) is 87.5 cm³/mol. The number of morpholine rings is 1. The highest BCUT2D eigenvalue weighted by Crippen LogP contribution is 2.24. The van der Waals surface area contributed by atoms with Gasteiger partial charge in [0.1, 0.15) is 0 Å². The van der Waals surface area contributed by atoms with Crippen molar-refractivity contribution in [1.29, 1.82) is 0 Å². The van der Waals surface area contributed by atoms with E-state index >= 15 is 0 Å². The second kappa shape index (κ2) is 7.12. The minimum Gasteiger partial charge on any atom is -0.373 e. The van der Waals surface area contributed by atoms with Crippen LogP contribution >= 0.6 is 11.6 Å². The predicted octanol–water partition coefficient (Wildman–Crippen LogP) is 1.86. The number of aromatic nitrogens is 2. The van der Waals surface area contributed by atoms with Crippen molar-refractivity contribution < 1.29 is 9.53 Å². The molecule has 2 heterocycles. The van der Waals surface area contributed by atoms with Gasteiger partial charge in [-0.15, -0.1) is 0 Å². The Balaban J connectivity index is 1.83. The quantitative estimate of drug-likeness (QED) is 0.895. The summed E-state index contributed by atoms with van der Waals surface area (Å²) in [5.41, 5.74) is 1.46. The highest BCUT2D eigenvalue weighted by Gasteiger charge is 2.29. The Bertz CT molecular complexity index is 645. The maximum absolute atomic E-state index is 12.4. The zero-order chi connectivity index (χ0) is 16.2. The minimum atomic E-state index is -0.252. The number of H-pyrrole nitrogens is 1. The van der Waals surface area contributed by atoms with E-state index in [-0.39, 0.29) is 18.1 Å². The molecule has 0 unspecified atom stereocenters. The zero-order valence-corrected chi connectivity index (χ0v) is 13.6. The summed E-state index contributed by atoms with van der Waals surface area (Å²) in [7, 11) is 2.05. The first-order chi connectivity index (χ1) is 11.1. The molecular weight excluding hydrogens is 316 g/mol. The highest BCUT2D eigenvalue weighted by molar-refractivity contribution is 6.30. The Morgan fingerprint density at radius 2 is 2.26 bits per heavy atom. The molecule has 1 amide bonds. The second-order valence-corrected chi connectivity index (χ2v) is 6.10. The molecule has 2 atom stereocenters. The Morgan fingerprint density at radius 1 is 1.48 bits per heavy atom. The number of ether oxygens (including phenoxy) is 1. The summed E-state index contributed by atoms with van der Waals surface area (Å²) in [5, 5.41) is 10.2. The number of hydrogen-bond donors (Lipinski definition) is 2. The molecule has 6 nitrogen and oxygen atoms in total. The lowest BCUT2D eigenvalue weighted by Crippen LogP contribution is -2.47. The van der Waals surface area contributed by atoms with Crippen LogP contribution in [0, 0.1) is 0 Å². The molecule has 2 N–H and O–H groups in total. The molecule has 1 aliphatic rings. The van der Waals surface area contributed by atoms with Gasteiger partial charge in [-0.3, -0.25) is 9.89 Å². The van der Waals surface area contributed by atoms with Gasteiger partial charge in [-0.1, -0.05) is 23.7 Å². The summed E-state index contributed by atoms with van der Waals surface area (Å²) in [4.78, 5) is 14.6. The maximum Gasteiger partial charge on any atom is 0.255 e. The van der Waals surface area contributed by atoms with E-state index in [0.29, 0.717) is 17.2 Å². The molecular formula is C16H19ClN4O2. The van der Waals surface area contributed by atoms with E-state index in [4.69, 9.17) is 16.3 Å². The summed E-state index contributed by atoms with van der Waals surface area (Å²) in [6.07, 6.45) is 2.95. The molecule has 23 heavy (non-hydrogen) atoms. The van der Waals surface area contributed by atoms with Crippen LogP contribution in [0.3, 0.4) is 0 Å².